The fraction of sp³-hybridized carbons (Fsp3) is 0.150. The zero-order valence-electron chi connectivity index (χ0n) is 16.7. The number of hydrogen-bond acceptors (Lipinski definition) is 8. The van der Waals surface area contributed by atoms with Crippen molar-refractivity contribution in [2.24, 2.45) is 7.05 Å². The number of carboxylic acid groups (broad SMARTS) is 1. The first-order valence-electron chi connectivity index (χ1n) is 8.97. The number of aromatic nitrogens is 5. The van der Waals surface area contributed by atoms with Gasteiger partial charge in [-0.3, -0.25) is 0 Å². The minimum absolute atomic E-state index is 0.0823. The Labute approximate surface area is 179 Å². The Morgan fingerprint density at radius 3 is 2.68 bits per heavy atom. The number of carboxylic acids is 1. The van der Waals surface area contributed by atoms with E-state index in [0.29, 0.717) is 21.8 Å². The highest BCUT2D eigenvalue weighted by atomic mass is 32.1. The van der Waals surface area contributed by atoms with Gasteiger partial charge in [0, 0.05) is 5.56 Å². The van der Waals surface area contributed by atoms with Crippen molar-refractivity contribution in [3.63, 3.8) is 0 Å². The number of methoxy groups -OCH3 is 1. The van der Waals surface area contributed by atoms with Crippen LogP contribution in [-0.4, -0.2) is 43.4 Å². The van der Waals surface area contributed by atoms with Crippen LogP contribution in [0.1, 0.15) is 15.4 Å². The molecule has 4 rings (SSSR count). The van der Waals surface area contributed by atoms with Gasteiger partial charge in [0.15, 0.2) is 11.6 Å². The van der Waals surface area contributed by atoms with E-state index in [1.54, 1.807) is 38.2 Å². The third-order valence-electron chi connectivity index (χ3n) is 4.33. The number of tetrazole rings is 1. The van der Waals surface area contributed by atoms with Crippen LogP contribution in [0.2, 0.25) is 0 Å². The van der Waals surface area contributed by atoms with E-state index in [-0.39, 0.29) is 28.0 Å². The number of aryl methyl sites for hydroxylation is 2. The molecular weight excluding hydrogens is 425 g/mol. The van der Waals surface area contributed by atoms with Crippen LogP contribution >= 0.6 is 11.3 Å². The number of ether oxygens (including phenoxy) is 2. The Balaban J connectivity index is 1.83. The zero-order valence-corrected chi connectivity index (χ0v) is 17.5. The first-order valence-corrected chi connectivity index (χ1v) is 9.79. The first-order chi connectivity index (χ1) is 14.9. The second-order valence-electron chi connectivity index (χ2n) is 6.43. The lowest BCUT2D eigenvalue weighted by Crippen LogP contribution is -1.96. The summed E-state index contributed by atoms with van der Waals surface area (Å²) in [4.78, 5) is 17.2. The average molecular weight is 441 g/mol. The Morgan fingerprint density at radius 1 is 1.23 bits per heavy atom. The van der Waals surface area contributed by atoms with Gasteiger partial charge in [0.1, 0.15) is 15.6 Å². The van der Waals surface area contributed by atoms with E-state index < -0.39 is 11.8 Å². The molecule has 9 nitrogen and oxygen atoms in total. The first kappa shape index (κ1) is 20.4. The van der Waals surface area contributed by atoms with E-state index in [1.165, 1.54) is 24.0 Å². The van der Waals surface area contributed by atoms with Crippen LogP contribution in [0.3, 0.4) is 0 Å². The normalized spacial score (nSPS) is 10.8. The van der Waals surface area contributed by atoms with Crippen LogP contribution in [0.4, 0.5) is 4.39 Å². The maximum Gasteiger partial charge on any atom is 0.347 e. The van der Waals surface area contributed by atoms with Crippen molar-refractivity contribution in [2.75, 3.05) is 7.11 Å². The molecule has 4 aromatic rings. The van der Waals surface area contributed by atoms with Gasteiger partial charge in [0.2, 0.25) is 11.6 Å². The molecule has 158 valence electrons. The van der Waals surface area contributed by atoms with Gasteiger partial charge in [0.05, 0.1) is 25.4 Å². The number of thiazole rings is 1. The quantitative estimate of drug-likeness (QED) is 0.479. The Kier molecular flexibility index (Phi) is 5.34. The molecule has 31 heavy (non-hydrogen) atoms. The molecule has 0 saturated carbocycles. The minimum Gasteiger partial charge on any atom is -0.493 e. The lowest BCUT2D eigenvalue weighted by Gasteiger charge is -2.13. The molecule has 0 aliphatic rings. The molecule has 0 radical (unpaired) electrons. The second-order valence-corrected chi connectivity index (χ2v) is 7.42. The summed E-state index contributed by atoms with van der Waals surface area (Å²) < 4.78 is 25.5. The molecule has 0 bridgehead atoms. The number of rotatable bonds is 6. The summed E-state index contributed by atoms with van der Waals surface area (Å²) in [6, 6.07) is 9.37. The molecular formula is C20H16FN5O4S. The van der Waals surface area contributed by atoms with Gasteiger partial charge in [-0.05, 0) is 42.5 Å². The monoisotopic (exact) mass is 441 g/mol. The molecule has 11 heteroatoms. The van der Waals surface area contributed by atoms with E-state index in [0.717, 1.165) is 11.3 Å². The van der Waals surface area contributed by atoms with Crippen LogP contribution in [0.25, 0.3) is 22.0 Å². The van der Waals surface area contributed by atoms with Crippen molar-refractivity contribution >= 4 is 17.3 Å². The predicted molar refractivity (Wildman–Crippen MR) is 110 cm³/mol. The number of nitrogens with zero attached hydrogens (tertiary/aromatic N) is 5. The molecule has 0 fully saturated rings. The van der Waals surface area contributed by atoms with Gasteiger partial charge in [-0.15, -0.1) is 21.5 Å². The highest BCUT2D eigenvalue weighted by Crippen LogP contribution is 2.40. The maximum absolute atomic E-state index is 14.4. The van der Waals surface area contributed by atoms with E-state index in [2.05, 4.69) is 20.4 Å². The predicted octanol–water partition coefficient (Wildman–Crippen LogP) is 3.95. The van der Waals surface area contributed by atoms with Gasteiger partial charge in [0.25, 0.3) is 0 Å². The number of para-hydroxylation sites is 1. The second kappa shape index (κ2) is 8.11. The van der Waals surface area contributed by atoms with Gasteiger partial charge in [-0.2, -0.15) is 4.80 Å². The lowest BCUT2D eigenvalue weighted by atomic mass is 10.1. The topological polar surface area (TPSA) is 112 Å². The van der Waals surface area contributed by atoms with Crippen molar-refractivity contribution in [2.45, 2.75) is 6.92 Å². The van der Waals surface area contributed by atoms with Crippen LogP contribution in [0.15, 0.2) is 36.4 Å². The fourth-order valence-corrected chi connectivity index (χ4v) is 3.80. The number of benzene rings is 2. The zero-order chi connectivity index (χ0) is 22.1. The molecule has 0 saturated heterocycles. The molecule has 0 spiro atoms. The molecule has 0 atom stereocenters. The molecule has 0 amide bonds. The van der Waals surface area contributed by atoms with Crippen LogP contribution in [-0.2, 0) is 7.05 Å². The number of carbonyl (C=O) groups is 1. The summed E-state index contributed by atoms with van der Waals surface area (Å²) in [7, 11) is 3.03. The highest BCUT2D eigenvalue weighted by Gasteiger charge is 2.20. The third kappa shape index (κ3) is 3.94. The van der Waals surface area contributed by atoms with Gasteiger partial charge < -0.3 is 14.6 Å². The molecule has 0 aliphatic carbocycles. The van der Waals surface area contributed by atoms with Crippen molar-refractivity contribution in [3.05, 3.63) is 52.8 Å². The number of halogens is 1. The third-order valence-corrected chi connectivity index (χ3v) is 5.52. The minimum atomic E-state index is -1.04. The van der Waals surface area contributed by atoms with E-state index in [9.17, 15) is 14.3 Å². The molecule has 2 aromatic carbocycles. The summed E-state index contributed by atoms with van der Waals surface area (Å²) in [5, 5.41) is 21.9. The summed E-state index contributed by atoms with van der Waals surface area (Å²) in [5.74, 6) is -0.968. The Bertz CT molecular complexity index is 1290. The average Bonchev–Trinajstić information content (AvgIpc) is 3.35. The van der Waals surface area contributed by atoms with Crippen LogP contribution in [0, 0.1) is 12.7 Å². The lowest BCUT2D eigenvalue weighted by molar-refractivity contribution is 0.0701. The SMILES string of the molecule is COc1cccc(F)c1Oc1ccc(-c2nc(C)c(C(=O)O)s2)cc1-c1nnn(C)n1. The summed E-state index contributed by atoms with van der Waals surface area (Å²) in [6.45, 7) is 1.64. The van der Waals surface area contributed by atoms with Crippen molar-refractivity contribution in [1.82, 2.24) is 25.2 Å². The molecule has 0 aliphatic heterocycles. The van der Waals surface area contributed by atoms with Gasteiger partial charge >= 0.3 is 5.97 Å². The standard InChI is InChI=1S/C20H16FN5O4S/c1-10-17(20(27)28)31-19(22-10)11-7-8-14(12(9-11)18-23-25-26(2)24-18)30-16-13(21)5-4-6-15(16)29-3/h4-9H,1-3H3,(H,27,28). The van der Waals surface area contributed by atoms with Crippen molar-refractivity contribution < 1.29 is 23.8 Å². The van der Waals surface area contributed by atoms with E-state index in [1.807, 2.05) is 0 Å². The van der Waals surface area contributed by atoms with Gasteiger partial charge in [-0.25, -0.2) is 14.2 Å². The molecule has 2 heterocycles. The molecule has 0 unspecified atom stereocenters. The Morgan fingerprint density at radius 2 is 2.03 bits per heavy atom. The summed E-state index contributed by atoms with van der Waals surface area (Å²) in [6.07, 6.45) is 0. The maximum atomic E-state index is 14.4. The van der Waals surface area contributed by atoms with Crippen molar-refractivity contribution in [1.29, 1.82) is 0 Å². The smallest absolute Gasteiger partial charge is 0.347 e. The summed E-state index contributed by atoms with van der Waals surface area (Å²) in [5.41, 5.74) is 1.49. The molecule has 2 aromatic heterocycles. The van der Waals surface area contributed by atoms with Crippen LogP contribution in [0.5, 0.6) is 17.2 Å². The fourth-order valence-electron chi connectivity index (χ4n) is 2.90. The van der Waals surface area contributed by atoms with E-state index in [4.69, 9.17) is 9.47 Å². The highest BCUT2D eigenvalue weighted by molar-refractivity contribution is 7.17. The largest absolute Gasteiger partial charge is 0.493 e. The molecule has 1 N–H and O–H groups in total. The number of hydrogen-bond donors (Lipinski definition) is 1. The summed E-state index contributed by atoms with van der Waals surface area (Å²) >= 11 is 1.06. The van der Waals surface area contributed by atoms with Gasteiger partial charge in [-0.1, -0.05) is 6.07 Å². The number of aromatic carboxylic acids is 1. The van der Waals surface area contributed by atoms with Crippen LogP contribution < -0.4 is 9.47 Å². The van der Waals surface area contributed by atoms with E-state index >= 15 is 0 Å². The van der Waals surface area contributed by atoms with Crippen molar-refractivity contribution in [3.8, 4) is 39.2 Å². The Hall–Kier alpha value is -3.86.